The van der Waals surface area contributed by atoms with E-state index in [2.05, 4.69) is 4.57 Å². The fourth-order valence-electron chi connectivity index (χ4n) is 2.83. The summed E-state index contributed by atoms with van der Waals surface area (Å²) >= 11 is 0. The highest BCUT2D eigenvalue weighted by atomic mass is 16.5. The normalized spacial score (nSPS) is 13.5. The molecule has 0 N–H and O–H groups in total. The molecule has 0 saturated carbocycles. The molecule has 0 fully saturated rings. The quantitative estimate of drug-likeness (QED) is 0.481. The van der Waals surface area contributed by atoms with Crippen LogP contribution in [0.25, 0.3) is 10.9 Å². The van der Waals surface area contributed by atoms with E-state index < -0.39 is 11.8 Å². The number of benzene rings is 1. The van der Waals surface area contributed by atoms with Crippen LogP contribution in [0.1, 0.15) is 29.4 Å². The zero-order chi connectivity index (χ0) is 13.4. The van der Waals surface area contributed by atoms with Crippen molar-refractivity contribution in [2.24, 2.45) is 0 Å². The minimum absolute atomic E-state index is 0.221. The highest BCUT2D eigenvalue weighted by Gasteiger charge is 2.29. The Bertz CT molecular complexity index is 669. The molecule has 0 saturated heterocycles. The van der Waals surface area contributed by atoms with Crippen LogP contribution < -0.4 is 0 Å². The van der Waals surface area contributed by atoms with Gasteiger partial charge in [0.25, 0.3) is 5.78 Å². The molecule has 2 aromatic rings. The van der Waals surface area contributed by atoms with Crippen molar-refractivity contribution >= 4 is 22.7 Å². The zero-order valence-electron chi connectivity index (χ0n) is 10.8. The summed E-state index contributed by atoms with van der Waals surface area (Å²) in [6.45, 7) is 2.83. The molecule has 1 aromatic heterocycles. The molecular formula is C15H15NO3. The van der Waals surface area contributed by atoms with Gasteiger partial charge in [0.15, 0.2) is 0 Å². The van der Waals surface area contributed by atoms with Gasteiger partial charge < -0.3 is 9.30 Å². The number of nitrogens with zero attached hydrogens (tertiary/aromatic N) is 1. The van der Waals surface area contributed by atoms with Crippen LogP contribution in [-0.4, -0.2) is 22.9 Å². The van der Waals surface area contributed by atoms with Crippen molar-refractivity contribution in [1.29, 1.82) is 0 Å². The SMILES string of the molecule is CCOC(=O)C(=O)c1c2n(c3ccccc13)CCC2. The summed E-state index contributed by atoms with van der Waals surface area (Å²) in [5.41, 5.74) is 2.54. The first kappa shape index (κ1) is 12.0. The fourth-order valence-corrected chi connectivity index (χ4v) is 2.83. The van der Waals surface area contributed by atoms with Crippen molar-refractivity contribution < 1.29 is 14.3 Å². The summed E-state index contributed by atoms with van der Waals surface area (Å²) in [4.78, 5) is 24.0. The Hall–Kier alpha value is -2.10. The third kappa shape index (κ3) is 1.75. The van der Waals surface area contributed by atoms with Crippen LogP contribution in [0.15, 0.2) is 24.3 Å². The number of carbonyl (C=O) groups excluding carboxylic acids is 2. The van der Waals surface area contributed by atoms with Gasteiger partial charge in [0.05, 0.1) is 12.2 Å². The number of aromatic nitrogens is 1. The number of carbonyl (C=O) groups is 2. The van der Waals surface area contributed by atoms with E-state index in [4.69, 9.17) is 4.74 Å². The number of rotatable bonds is 3. The van der Waals surface area contributed by atoms with Crippen molar-refractivity contribution in [3.8, 4) is 0 Å². The predicted octanol–water partition coefficient (Wildman–Crippen LogP) is 2.33. The van der Waals surface area contributed by atoms with Gasteiger partial charge in [0.2, 0.25) is 0 Å². The van der Waals surface area contributed by atoms with E-state index >= 15 is 0 Å². The maximum absolute atomic E-state index is 12.3. The summed E-state index contributed by atoms with van der Waals surface area (Å²) in [6, 6.07) is 7.73. The number of esters is 1. The number of hydrogen-bond acceptors (Lipinski definition) is 3. The van der Waals surface area contributed by atoms with Gasteiger partial charge in [-0.2, -0.15) is 0 Å². The van der Waals surface area contributed by atoms with Crippen LogP contribution in [0.5, 0.6) is 0 Å². The second-order valence-corrected chi connectivity index (χ2v) is 4.64. The summed E-state index contributed by atoms with van der Waals surface area (Å²) < 4.78 is 6.98. The number of para-hydroxylation sites is 1. The van der Waals surface area contributed by atoms with Crippen molar-refractivity contribution in [3.05, 3.63) is 35.5 Å². The lowest BCUT2D eigenvalue weighted by Gasteiger charge is -2.02. The average molecular weight is 257 g/mol. The van der Waals surface area contributed by atoms with Crippen LogP contribution in [-0.2, 0) is 22.5 Å². The van der Waals surface area contributed by atoms with Gasteiger partial charge in [-0.05, 0) is 25.8 Å². The number of hydrogen-bond donors (Lipinski definition) is 0. The minimum Gasteiger partial charge on any atom is -0.460 e. The van der Waals surface area contributed by atoms with Crippen LogP contribution >= 0.6 is 0 Å². The summed E-state index contributed by atoms with van der Waals surface area (Å²) in [5.74, 6) is -1.28. The molecule has 0 amide bonds. The fraction of sp³-hybridized carbons (Fsp3) is 0.333. The molecule has 0 radical (unpaired) electrons. The number of ether oxygens (including phenoxy) is 1. The average Bonchev–Trinajstić information content (AvgIpc) is 2.98. The molecule has 4 nitrogen and oxygen atoms in total. The van der Waals surface area contributed by atoms with Crippen molar-refractivity contribution in [1.82, 2.24) is 4.57 Å². The topological polar surface area (TPSA) is 48.3 Å². The molecule has 0 bridgehead atoms. The second-order valence-electron chi connectivity index (χ2n) is 4.64. The van der Waals surface area contributed by atoms with Crippen molar-refractivity contribution in [3.63, 3.8) is 0 Å². The summed E-state index contributed by atoms with van der Waals surface area (Å²) in [5, 5.41) is 0.857. The van der Waals surface area contributed by atoms with Crippen molar-refractivity contribution in [2.75, 3.05) is 6.61 Å². The molecule has 3 rings (SSSR count). The molecule has 0 unspecified atom stereocenters. The molecule has 19 heavy (non-hydrogen) atoms. The molecule has 0 spiro atoms. The molecule has 98 valence electrons. The predicted molar refractivity (Wildman–Crippen MR) is 71.2 cm³/mol. The largest absolute Gasteiger partial charge is 0.460 e. The van der Waals surface area contributed by atoms with Gasteiger partial charge in [-0.3, -0.25) is 4.79 Å². The van der Waals surface area contributed by atoms with Gasteiger partial charge in [0, 0.05) is 23.1 Å². The Morgan fingerprint density at radius 3 is 2.89 bits per heavy atom. The van der Waals surface area contributed by atoms with E-state index in [0.29, 0.717) is 5.56 Å². The number of aryl methyl sites for hydroxylation is 1. The molecule has 1 aromatic carbocycles. The first-order valence-corrected chi connectivity index (χ1v) is 6.55. The lowest BCUT2D eigenvalue weighted by atomic mass is 10.0. The highest BCUT2D eigenvalue weighted by molar-refractivity contribution is 6.43. The number of ketones is 1. The van der Waals surface area contributed by atoms with Gasteiger partial charge >= 0.3 is 5.97 Å². The molecule has 2 heterocycles. The Kier molecular flexibility index (Phi) is 2.85. The number of Topliss-reactive ketones (excluding diaryl/α,β-unsaturated/α-hetero) is 1. The van der Waals surface area contributed by atoms with Gasteiger partial charge in [-0.15, -0.1) is 0 Å². The first-order chi connectivity index (χ1) is 9.24. The van der Waals surface area contributed by atoms with Gasteiger partial charge in [-0.1, -0.05) is 18.2 Å². The minimum atomic E-state index is -0.756. The van der Waals surface area contributed by atoms with Crippen LogP contribution in [0.2, 0.25) is 0 Å². The second kappa shape index (κ2) is 4.53. The van der Waals surface area contributed by atoms with E-state index in [9.17, 15) is 9.59 Å². The monoisotopic (exact) mass is 257 g/mol. The first-order valence-electron chi connectivity index (χ1n) is 6.55. The van der Waals surface area contributed by atoms with Gasteiger partial charge in [-0.25, -0.2) is 4.79 Å². The lowest BCUT2D eigenvalue weighted by molar-refractivity contribution is -0.137. The zero-order valence-corrected chi connectivity index (χ0v) is 10.8. The van der Waals surface area contributed by atoms with Crippen molar-refractivity contribution in [2.45, 2.75) is 26.3 Å². The van der Waals surface area contributed by atoms with E-state index in [1.54, 1.807) is 6.92 Å². The van der Waals surface area contributed by atoms with E-state index in [-0.39, 0.29) is 6.61 Å². The molecule has 1 aliphatic heterocycles. The summed E-state index contributed by atoms with van der Waals surface area (Å²) in [7, 11) is 0. The van der Waals surface area contributed by atoms with Crippen LogP contribution in [0.3, 0.4) is 0 Å². The molecule has 0 atom stereocenters. The standard InChI is InChI=1S/C15H15NO3/c1-2-19-15(18)14(17)13-10-6-3-4-7-11(10)16-9-5-8-12(13)16/h3-4,6-7H,2,5,8-9H2,1H3. The van der Waals surface area contributed by atoms with Crippen LogP contribution in [0.4, 0.5) is 0 Å². The van der Waals surface area contributed by atoms with Gasteiger partial charge in [0.1, 0.15) is 0 Å². The van der Waals surface area contributed by atoms with Crippen LogP contribution in [0, 0.1) is 0 Å². The lowest BCUT2D eigenvalue weighted by Crippen LogP contribution is -2.18. The third-order valence-corrected chi connectivity index (χ3v) is 3.56. The molecule has 4 heteroatoms. The summed E-state index contributed by atoms with van der Waals surface area (Å²) in [6.07, 6.45) is 1.86. The van der Waals surface area contributed by atoms with E-state index in [1.807, 2.05) is 24.3 Å². The Morgan fingerprint density at radius 1 is 1.32 bits per heavy atom. The third-order valence-electron chi connectivity index (χ3n) is 3.56. The van der Waals surface area contributed by atoms with E-state index in [0.717, 1.165) is 36.0 Å². The smallest absolute Gasteiger partial charge is 0.379 e. The highest BCUT2D eigenvalue weighted by Crippen LogP contribution is 2.31. The molecule has 1 aliphatic rings. The Labute approximate surface area is 111 Å². The Balaban J connectivity index is 2.18. The van der Waals surface area contributed by atoms with E-state index in [1.165, 1.54) is 0 Å². The molecule has 0 aliphatic carbocycles. The Morgan fingerprint density at radius 2 is 2.11 bits per heavy atom. The molecular weight excluding hydrogens is 242 g/mol. The number of fused-ring (bicyclic) bond motifs is 3. The maximum atomic E-state index is 12.3. The maximum Gasteiger partial charge on any atom is 0.379 e.